The zero-order chi connectivity index (χ0) is 10.5. The molecule has 0 unspecified atom stereocenters. The molecule has 0 aromatic heterocycles. The quantitative estimate of drug-likeness (QED) is 0.425. The Labute approximate surface area is 74.8 Å². The van der Waals surface area contributed by atoms with Crippen LogP contribution in [0.15, 0.2) is 23.9 Å². The zero-order valence-electron chi connectivity index (χ0n) is 7.48. The molecule has 0 bridgehead atoms. The summed E-state index contributed by atoms with van der Waals surface area (Å²) in [6, 6.07) is 0. The van der Waals surface area contributed by atoms with E-state index in [0.717, 1.165) is 6.54 Å². The highest BCUT2D eigenvalue weighted by molar-refractivity contribution is 6.50. The van der Waals surface area contributed by atoms with Gasteiger partial charge >= 0.3 is 7.25 Å². The summed E-state index contributed by atoms with van der Waals surface area (Å²) >= 11 is 0. The topological polar surface area (TPSA) is 3.24 Å². The lowest BCUT2D eigenvalue weighted by atomic mass is 10.2. The average Bonchev–Trinajstić information content (AvgIpc) is 1.81. The van der Waals surface area contributed by atoms with Gasteiger partial charge < -0.3 is 22.2 Å². The molecule has 0 saturated heterocycles. The standard InChI is InChI=1S/C7H11N.BF4/c1-7-4-3-5-8(2)6-7;2-1(3,4)5/h3-5H,6H2,1-2H3;/q;-1. The van der Waals surface area contributed by atoms with Crippen molar-refractivity contribution in [2.24, 2.45) is 0 Å². The molecule has 0 N–H and O–H groups in total. The van der Waals surface area contributed by atoms with Gasteiger partial charge in [0.15, 0.2) is 0 Å². The van der Waals surface area contributed by atoms with E-state index in [1.165, 1.54) is 5.57 Å². The Balaban J connectivity index is 0.000000252. The Morgan fingerprint density at radius 3 is 2.00 bits per heavy atom. The van der Waals surface area contributed by atoms with Crippen molar-refractivity contribution in [1.29, 1.82) is 0 Å². The first-order valence-electron chi connectivity index (χ1n) is 3.70. The van der Waals surface area contributed by atoms with Gasteiger partial charge in [0.25, 0.3) is 0 Å². The number of halogens is 4. The van der Waals surface area contributed by atoms with E-state index in [-0.39, 0.29) is 0 Å². The van der Waals surface area contributed by atoms with Gasteiger partial charge in [-0.25, -0.2) is 0 Å². The lowest BCUT2D eigenvalue weighted by molar-refractivity contribution is 0.368. The summed E-state index contributed by atoms with van der Waals surface area (Å²) in [5.41, 5.74) is 1.43. The van der Waals surface area contributed by atoms with Crippen molar-refractivity contribution < 1.29 is 17.3 Å². The molecule has 1 aliphatic rings. The third-order valence-corrected chi connectivity index (χ3v) is 1.22. The van der Waals surface area contributed by atoms with Crippen molar-refractivity contribution in [3.05, 3.63) is 23.9 Å². The molecule has 1 nitrogen and oxygen atoms in total. The number of hydrogen-bond donors (Lipinski definition) is 0. The fraction of sp³-hybridized carbons (Fsp3) is 0.429. The highest BCUT2D eigenvalue weighted by atomic mass is 19.5. The second kappa shape index (κ2) is 4.94. The van der Waals surface area contributed by atoms with Crippen LogP contribution in [-0.4, -0.2) is 25.7 Å². The van der Waals surface area contributed by atoms with Crippen LogP contribution in [0.1, 0.15) is 6.92 Å². The van der Waals surface area contributed by atoms with Crippen LogP contribution in [0.3, 0.4) is 0 Å². The van der Waals surface area contributed by atoms with E-state index in [1.54, 1.807) is 0 Å². The summed E-state index contributed by atoms with van der Waals surface area (Å²) < 4.78 is 39.0. The molecule has 0 fully saturated rings. The molecule has 1 rings (SSSR count). The van der Waals surface area contributed by atoms with Crippen LogP contribution >= 0.6 is 0 Å². The lowest BCUT2D eigenvalue weighted by Gasteiger charge is -2.16. The van der Waals surface area contributed by atoms with Crippen molar-refractivity contribution in [1.82, 2.24) is 4.90 Å². The highest BCUT2D eigenvalue weighted by Gasteiger charge is 2.20. The summed E-state index contributed by atoms with van der Waals surface area (Å²) in [7, 11) is -3.92. The molecule has 0 aromatic carbocycles. The number of hydrogen-bond acceptors (Lipinski definition) is 1. The predicted molar refractivity (Wildman–Crippen MR) is 45.7 cm³/mol. The maximum atomic E-state index is 9.75. The van der Waals surface area contributed by atoms with Crippen molar-refractivity contribution in [3.63, 3.8) is 0 Å². The van der Waals surface area contributed by atoms with Crippen LogP contribution in [-0.2, 0) is 0 Å². The Bertz CT molecular complexity index is 203. The minimum Gasteiger partial charge on any atom is -0.418 e. The van der Waals surface area contributed by atoms with Crippen LogP contribution in [0.4, 0.5) is 17.3 Å². The van der Waals surface area contributed by atoms with Crippen LogP contribution in [0.5, 0.6) is 0 Å². The minimum atomic E-state index is -6.00. The van der Waals surface area contributed by atoms with Gasteiger partial charge in [-0.15, -0.1) is 0 Å². The molecular formula is C7H11BF4N-. The van der Waals surface area contributed by atoms with Crippen LogP contribution in [0.25, 0.3) is 0 Å². The lowest BCUT2D eigenvalue weighted by Crippen LogP contribution is -2.14. The third-order valence-electron chi connectivity index (χ3n) is 1.22. The van der Waals surface area contributed by atoms with E-state index in [4.69, 9.17) is 0 Å². The molecule has 6 heteroatoms. The fourth-order valence-corrected chi connectivity index (χ4v) is 0.853. The summed E-state index contributed by atoms with van der Waals surface area (Å²) in [5.74, 6) is 0. The zero-order valence-corrected chi connectivity index (χ0v) is 7.48. The molecule has 0 aromatic rings. The van der Waals surface area contributed by atoms with Crippen molar-refractivity contribution >= 4 is 7.25 Å². The van der Waals surface area contributed by atoms with Crippen LogP contribution in [0.2, 0.25) is 0 Å². The maximum Gasteiger partial charge on any atom is 0.673 e. The van der Waals surface area contributed by atoms with Gasteiger partial charge in [-0.05, 0) is 19.2 Å². The molecule has 0 spiro atoms. The minimum absolute atomic E-state index is 1.08. The Kier molecular flexibility index (Phi) is 4.58. The van der Waals surface area contributed by atoms with Gasteiger partial charge in [0.1, 0.15) is 0 Å². The van der Waals surface area contributed by atoms with Gasteiger partial charge in [-0.3, -0.25) is 0 Å². The monoisotopic (exact) mass is 196 g/mol. The Morgan fingerprint density at radius 2 is 1.77 bits per heavy atom. The average molecular weight is 196 g/mol. The van der Waals surface area contributed by atoms with Crippen LogP contribution in [0, 0.1) is 0 Å². The Morgan fingerprint density at radius 1 is 1.31 bits per heavy atom. The first-order valence-corrected chi connectivity index (χ1v) is 3.70. The number of nitrogens with zero attached hydrogens (tertiary/aromatic N) is 1. The van der Waals surface area contributed by atoms with Gasteiger partial charge in [-0.2, -0.15) is 0 Å². The van der Waals surface area contributed by atoms with E-state index < -0.39 is 7.25 Å². The predicted octanol–water partition coefficient (Wildman–Crippen LogP) is 2.69. The summed E-state index contributed by atoms with van der Waals surface area (Å²) in [6.45, 7) is 3.22. The first-order chi connectivity index (χ1) is 5.79. The summed E-state index contributed by atoms with van der Waals surface area (Å²) in [4.78, 5) is 2.16. The molecule has 0 amide bonds. The summed E-state index contributed by atoms with van der Waals surface area (Å²) in [5, 5.41) is 0. The molecule has 13 heavy (non-hydrogen) atoms. The van der Waals surface area contributed by atoms with Gasteiger partial charge in [0.2, 0.25) is 0 Å². The van der Waals surface area contributed by atoms with E-state index in [9.17, 15) is 17.3 Å². The van der Waals surface area contributed by atoms with E-state index in [2.05, 4.69) is 37.2 Å². The largest absolute Gasteiger partial charge is 0.673 e. The molecule has 0 atom stereocenters. The number of rotatable bonds is 0. The van der Waals surface area contributed by atoms with Crippen molar-refractivity contribution in [2.45, 2.75) is 6.92 Å². The normalized spacial score (nSPS) is 16.2. The van der Waals surface area contributed by atoms with E-state index >= 15 is 0 Å². The molecular weight excluding hydrogens is 185 g/mol. The summed E-state index contributed by atoms with van der Waals surface area (Å²) in [6.07, 6.45) is 6.28. The van der Waals surface area contributed by atoms with Gasteiger partial charge in [0.05, 0.1) is 0 Å². The Hall–Kier alpha value is -0.935. The smallest absolute Gasteiger partial charge is 0.418 e. The molecule has 0 radical (unpaired) electrons. The fourth-order valence-electron chi connectivity index (χ4n) is 0.853. The molecule has 1 heterocycles. The molecule has 0 saturated carbocycles. The van der Waals surface area contributed by atoms with Gasteiger partial charge in [-0.1, -0.05) is 11.6 Å². The van der Waals surface area contributed by atoms with Crippen molar-refractivity contribution in [3.8, 4) is 0 Å². The first kappa shape index (κ1) is 12.1. The van der Waals surface area contributed by atoms with Crippen LogP contribution < -0.4 is 0 Å². The second-order valence-corrected chi connectivity index (χ2v) is 2.76. The van der Waals surface area contributed by atoms with Crippen molar-refractivity contribution in [2.75, 3.05) is 13.6 Å². The number of allylic oxidation sites excluding steroid dienone is 2. The SMILES string of the molecule is CC1=CC=CN(C)C1.F[B-](F)(F)F. The molecule has 76 valence electrons. The van der Waals surface area contributed by atoms with E-state index in [1.807, 2.05) is 0 Å². The number of likely N-dealkylation sites (N-methyl/N-ethyl adjacent to an activating group) is 1. The maximum absolute atomic E-state index is 9.75. The van der Waals surface area contributed by atoms with Gasteiger partial charge in [0, 0.05) is 13.6 Å². The molecule has 1 aliphatic heterocycles. The molecule has 0 aliphatic carbocycles. The second-order valence-electron chi connectivity index (χ2n) is 2.76. The highest BCUT2D eigenvalue weighted by Crippen LogP contribution is 2.06. The third kappa shape index (κ3) is 11.1. The van der Waals surface area contributed by atoms with E-state index in [0.29, 0.717) is 0 Å².